The van der Waals surface area contributed by atoms with E-state index in [1.807, 2.05) is 57.2 Å². The molecule has 3 nitrogen and oxygen atoms in total. The van der Waals surface area contributed by atoms with Crippen molar-refractivity contribution in [1.82, 2.24) is 4.98 Å². The van der Waals surface area contributed by atoms with Crippen LogP contribution in [0.15, 0.2) is 36.4 Å². The fourth-order valence-electron chi connectivity index (χ4n) is 1.97. The summed E-state index contributed by atoms with van der Waals surface area (Å²) < 4.78 is 5.70. The predicted octanol–water partition coefficient (Wildman–Crippen LogP) is 3.30. The maximum Gasteiger partial charge on any atom is 0.120 e. The summed E-state index contributed by atoms with van der Waals surface area (Å²) in [4.78, 5) is 4.60. The maximum atomic E-state index is 5.70. The summed E-state index contributed by atoms with van der Waals surface area (Å²) in [6.07, 6.45) is 0.171. The number of nitrogens with two attached hydrogens (primary N) is 1. The molecule has 0 saturated carbocycles. The molecule has 0 atom stereocenters. The van der Waals surface area contributed by atoms with Crippen molar-refractivity contribution >= 4 is 0 Å². The van der Waals surface area contributed by atoms with Gasteiger partial charge in [0.25, 0.3) is 0 Å². The van der Waals surface area contributed by atoms with Gasteiger partial charge < -0.3 is 10.5 Å². The largest absolute Gasteiger partial charge is 0.491 e. The summed E-state index contributed by atoms with van der Waals surface area (Å²) >= 11 is 0. The summed E-state index contributed by atoms with van der Waals surface area (Å²) in [6.45, 7) is 6.55. The molecule has 0 saturated heterocycles. The Bertz CT molecular complexity index is 564. The van der Waals surface area contributed by atoms with Crippen LogP contribution >= 0.6 is 0 Å². The Morgan fingerprint density at radius 2 is 2.00 bits per heavy atom. The van der Waals surface area contributed by atoms with Crippen molar-refractivity contribution in [2.45, 2.75) is 33.4 Å². The first kappa shape index (κ1) is 13.6. The summed E-state index contributed by atoms with van der Waals surface area (Å²) in [5, 5.41) is 0. The molecule has 2 rings (SSSR count). The minimum absolute atomic E-state index is 0.171. The number of hydrogen-bond donors (Lipinski definition) is 1. The van der Waals surface area contributed by atoms with Crippen LogP contribution in [0.2, 0.25) is 0 Å². The molecule has 0 aliphatic rings. The highest BCUT2D eigenvalue weighted by molar-refractivity contribution is 5.61. The summed E-state index contributed by atoms with van der Waals surface area (Å²) in [7, 11) is 0. The molecule has 2 aromatic rings. The molecule has 0 radical (unpaired) electrons. The van der Waals surface area contributed by atoms with Gasteiger partial charge >= 0.3 is 0 Å². The number of rotatable bonds is 4. The first-order valence-electron chi connectivity index (χ1n) is 6.54. The highest BCUT2D eigenvalue weighted by atomic mass is 16.5. The Kier molecular flexibility index (Phi) is 4.17. The number of benzene rings is 1. The second-order valence-corrected chi connectivity index (χ2v) is 4.84. The Hall–Kier alpha value is -1.87. The van der Waals surface area contributed by atoms with Gasteiger partial charge in [-0.15, -0.1) is 0 Å². The molecule has 0 amide bonds. The molecule has 19 heavy (non-hydrogen) atoms. The van der Waals surface area contributed by atoms with Crippen LogP contribution in [0, 0.1) is 6.92 Å². The van der Waals surface area contributed by atoms with Crippen LogP contribution in [0.5, 0.6) is 5.75 Å². The van der Waals surface area contributed by atoms with Gasteiger partial charge in [-0.1, -0.05) is 18.2 Å². The van der Waals surface area contributed by atoms with Crippen molar-refractivity contribution < 1.29 is 4.74 Å². The zero-order valence-electron chi connectivity index (χ0n) is 11.7. The third kappa shape index (κ3) is 3.32. The summed E-state index contributed by atoms with van der Waals surface area (Å²) in [5.74, 6) is 0.870. The van der Waals surface area contributed by atoms with E-state index in [2.05, 4.69) is 4.98 Å². The topological polar surface area (TPSA) is 48.1 Å². The van der Waals surface area contributed by atoms with Crippen LogP contribution < -0.4 is 10.5 Å². The lowest BCUT2D eigenvalue weighted by Gasteiger charge is -2.11. The Morgan fingerprint density at radius 1 is 1.21 bits per heavy atom. The number of pyridine rings is 1. The van der Waals surface area contributed by atoms with Crippen molar-refractivity contribution in [3.63, 3.8) is 0 Å². The first-order valence-corrected chi connectivity index (χ1v) is 6.54. The van der Waals surface area contributed by atoms with Crippen molar-refractivity contribution in [2.75, 3.05) is 0 Å². The average molecular weight is 256 g/mol. The van der Waals surface area contributed by atoms with Crippen molar-refractivity contribution in [2.24, 2.45) is 5.73 Å². The lowest BCUT2D eigenvalue weighted by Crippen LogP contribution is -2.05. The van der Waals surface area contributed by atoms with E-state index < -0.39 is 0 Å². The molecule has 1 aromatic carbocycles. The molecule has 1 aromatic heterocycles. The van der Waals surface area contributed by atoms with E-state index in [0.29, 0.717) is 6.54 Å². The number of nitrogens with zero attached hydrogens (tertiary/aromatic N) is 1. The van der Waals surface area contributed by atoms with Gasteiger partial charge in [-0.2, -0.15) is 0 Å². The minimum Gasteiger partial charge on any atom is -0.491 e. The predicted molar refractivity (Wildman–Crippen MR) is 78.1 cm³/mol. The smallest absolute Gasteiger partial charge is 0.120 e. The van der Waals surface area contributed by atoms with Gasteiger partial charge in [-0.05, 0) is 44.5 Å². The zero-order valence-corrected chi connectivity index (χ0v) is 11.7. The monoisotopic (exact) mass is 256 g/mol. The number of aromatic nitrogens is 1. The molecule has 0 fully saturated rings. The number of hydrogen-bond acceptors (Lipinski definition) is 3. The summed E-state index contributed by atoms with van der Waals surface area (Å²) in [6, 6.07) is 12.0. The van der Waals surface area contributed by atoms with E-state index in [-0.39, 0.29) is 6.10 Å². The lowest BCUT2D eigenvalue weighted by molar-refractivity contribution is 0.242. The van der Waals surface area contributed by atoms with Crippen LogP contribution in [-0.2, 0) is 6.54 Å². The first-order chi connectivity index (χ1) is 9.10. The highest BCUT2D eigenvalue weighted by Crippen LogP contribution is 2.24. The third-order valence-electron chi connectivity index (χ3n) is 2.92. The fourth-order valence-corrected chi connectivity index (χ4v) is 1.97. The SMILES string of the molecule is Cc1nc(-c2cccc(OC(C)C)c2)ccc1CN. The molecule has 100 valence electrons. The third-order valence-corrected chi connectivity index (χ3v) is 2.92. The van der Waals surface area contributed by atoms with E-state index in [0.717, 1.165) is 28.3 Å². The van der Waals surface area contributed by atoms with Gasteiger partial charge in [-0.3, -0.25) is 4.98 Å². The quantitative estimate of drug-likeness (QED) is 0.913. The van der Waals surface area contributed by atoms with Gasteiger partial charge in [0.15, 0.2) is 0 Å². The van der Waals surface area contributed by atoms with Gasteiger partial charge in [0.05, 0.1) is 11.8 Å². The molecule has 2 N–H and O–H groups in total. The van der Waals surface area contributed by atoms with Crippen LogP contribution in [0.25, 0.3) is 11.3 Å². The number of aryl methyl sites for hydroxylation is 1. The van der Waals surface area contributed by atoms with E-state index in [4.69, 9.17) is 10.5 Å². The van der Waals surface area contributed by atoms with E-state index in [1.54, 1.807) is 0 Å². The number of ether oxygens (including phenoxy) is 1. The van der Waals surface area contributed by atoms with Crippen LogP contribution in [-0.4, -0.2) is 11.1 Å². The molecule has 1 heterocycles. The van der Waals surface area contributed by atoms with Crippen LogP contribution in [0.3, 0.4) is 0 Å². The molecule has 0 spiro atoms. The lowest BCUT2D eigenvalue weighted by atomic mass is 10.1. The van der Waals surface area contributed by atoms with Crippen LogP contribution in [0.1, 0.15) is 25.1 Å². The van der Waals surface area contributed by atoms with Gasteiger partial charge in [0.1, 0.15) is 5.75 Å². The molecular weight excluding hydrogens is 236 g/mol. The molecule has 0 aliphatic heterocycles. The van der Waals surface area contributed by atoms with Crippen molar-refractivity contribution in [3.05, 3.63) is 47.7 Å². The van der Waals surface area contributed by atoms with E-state index in [1.165, 1.54) is 0 Å². The van der Waals surface area contributed by atoms with E-state index >= 15 is 0 Å². The zero-order chi connectivity index (χ0) is 13.8. The van der Waals surface area contributed by atoms with Gasteiger partial charge in [0, 0.05) is 17.8 Å². The molecule has 0 aliphatic carbocycles. The van der Waals surface area contributed by atoms with Gasteiger partial charge in [0.2, 0.25) is 0 Å². The minimum atomic E-state index is 0.171. The van der Waals surface area contributed by atoms with Crippen LogP contribution in [0.4, 0.5) is 0 Å². The standard InChI is InChI=1S/C16H20N2O/c1-11(2)19-15-6-4-5-13(9-15)16-8-7-14(10-17)12(3)18-16/h4-9,11H,10,17H2,1-3H3. The maximum absolute atomic E-state index is 5.70. The van der Waals surface area contributed by atoms with Crippen molar-refractivity contribution in [1.29, 1.82) is 0 Å². The normalized spacial score (nSPS) is 10.8. The molecule has 0 bridgehead atoms. The molecular formula is C16H20N2O. The van der Waals surface area contributed by atoms with E-state index in [9.17, 15) is 0 Å². The van der Waals surface area contributed by atoms with Gasteiger partial charge in [-0.25, -0.2) is 0 Å². The summed E-state index contributed by atoms with van der Waals surface area (Å²) in [5.41, 5.74) is 9.73. The molecule has 0 unspecified atom stereocenters. The Balaban J connectivity index is 2.33. The fraction of sp³-hybridized carbons (Fsp3) is 0.312. The molecule has 3 heteroatoms. The average Bonchev–Trinajstić information content (AvgIpc) is 2.38. The van der Waals surface area contributed by atoms with Crippen molar-refractivity contribution in [3.8, 4) is 17.0 Å². The second-order valence-electron chi connectivity index (χ2n) is 4.84. The highest BCUT2D eigenvalue weighted by Gasteiger charge is 2.05. The Morgan fingerprint density at radius 3 is 2.63 bits per heavy atom. The second kappa shape index (κ2) is 5.85. The Labute approximate surface area is 114 Å².